The summed E-state index contributed by atoms with van der Waals surface area (Å²) in [6.07, 6.45) is 2.62. The molecule has 0 aromatic carbocycles. The molecule has 13 heavy (non-hydrogen) atoms. The standard InChI is InChI=1S/C9H13N3O/c1-13-5-9-7-4-10-3-2-8(7)11-6-12-9/h6,10H,2-5H2,1H3. The number of hydrogen-bond acceptors (Lipinski definition) is 4. The fourth-order valence-corrected chi connectivity index (χ4v) is 1.59. The predicted octanol–water partition coefficient (Wildman–Crippen LogP) is 0.269. The Kier molecular flexibility index (Phi) is 2.52. The quantitative estimate of drug-likeness (QED) is 0.708. The summed E-state index contributed by atoms with van der Waals surface area (Å²) in [6, 6.07) is 0. The first-order valence-corrected chi connectivity index (χ1v) is 4.43. The molecule has 0 amide bonds. The van der Waals surface area contributed by atoms with E-state index in [0.29, 0.717) is 6.61 Å². The Hall–Kier alpha value is -1.00. The maximum Gasteiger partial charge on any atom is 0.116 e. The van der Waals surface area contributed by atoms with Crippen molar-refractivity contribution in [3.8, 4) is 0 Å². The molecule has 0 aliphatic carbocycles. The van der Waals surface area contributed by atoms with E-state index in [0.717, 1.165) is 25.2 Å². The summed E-state index contributed by atoms with van der Waals surface area (Å²) >= 11 is 0. The number of fused-ring (bicyclic) bond motifs is 1. The summed E-state index contributed by atoms with van der Waals surface area (Å²) in [4.78, 5) is 8.46. The lowest BCUT2D eigenvalue weighted by molar-refractivity contribution is 0.180. The van der Waals surface area contributed by atoms with E-state index in [2.05, 4.69) is 15.3 Å². The third kappa shape index (κ3) is 1.68. The van der Waals surface area contributed by atoms with E-state index in [9.17, 15) is 0 Å². The van der Waals surface area contributed by atoms with Crippen molar-refractivity contribution in [2.45, 2.75) is 19.6 Å². The number of nitrogens with one attached hydrogen (secondary N) is 1. The molecule has 2 heterocycles. The van der Waals surface area contributed by atoms with Crippen LogP contribution < -0.4 is 5.32 Å². The molecule has 0 fully saturated rings. The Morgan fingerprint density at radius 2 is 2.46 bits per heavy atom. The van der Waals surface area contributed by atoms with Crippen LogP contribution >= 0.6 is 0 Å². The maximum atomic E-state index is 5.08. The SMILES string of the molecule is COCc1ncnc2c1CNCC2. The van der Waals surface area contributed by atoms with Crippen molar-refractivity contribution in [3.05, 3.63) is 23.3 Å². The molecule has 0 saturated heterocycles. The van der Waals surface area contributed by atoms with Gasteiger partial charge in [0.1, 0.15) is 6.33 Å². The van der Waals surface area contributed by atoms with E-state index in [1.54, 1.807) is 13.4 Å². The molecule has 0 atom stereocenters. The minimum Gasteiger partial charge on any atom is -0.378 e. The van der Waals surface area contributed by atoms with Gasteiger partial charge in [-0.05, 0) is 0 Å². The lowest BCUT2D eigenvalue weighted by Crippen LogP contribution is -2.26. The average molecular weight is 179 g/mol. The van der Waals surface area contributed by atoms with Gasteiger partial charge < -0.3 is 10.1 Å². The van der Waals surface area contributed by atoms with Gasteiger partial charge in [-0.15, -0.1) is 0 Å². The van der Waals surface area contributed by atoms with Crippen molar-refractivity contribution in [1.29, 1.82) is 0 Å². The molecular weight excluding hydrogens is 166 g/mol. The zero-order valence-electron chi connectivity index (χ0n) is 7.71. The fourth-order valence-electron chi connectivity index (χ4n) is 1.59. The summed E-state index contributed by atoms with van der Waals surface area (Å²) in [6.45, 7) is 2.46. The monoisotopic (exact) mass is 179 g/mol. The zero-order chi connectivity index (χ0) is 9.10. The molecule has 0 bridgehead atoms. The largest absolute Gasteiger partial charge is 0.378 e. The maximum absolute atomic E-state index is 5.08. The van der Waals surface area contributed by atoms with Crippen molar-refractivity contribution in [2.75, 3.05) is 13.7 Å². The molecule has 0 unspecified atom stereocenters. The molecule has 0 saturated carbocycles. The van der Waals surface area contributed by atoms with E-state index in [1.165, 1.54) is 11.3 Å². The van der Waals surface area contributed by atoms with Gasteiger partial charge in [-0.3, -0.25) is 0 Å². The summed E-state index contributed by atoms with van der Waals surface area (Å²) in [5.74, 6) is 0. The highest BCUT2D eigenvalue weighted by Crippen LogP contribution is 2.14. The molecule has 0 spiro atoms. The van der Waals surface area contributed by atoms with Crippen LogP contribution in [0.4, 0.5) is 0 Å². The summed E-state index contributed by atoms with van der Waals surface area (Å²) in [5, 5.41) is 3.30. The molecule has 1 aliphatic heterocycles. The number of ether oxygens (including phenoxy) is 1. The first kappa shape index (κ1) is 8.59. The number of aromatic nitrogens is 2. The fraction of sp³-hybridized carbons (Fsp3) is 0.556. The Morgan fingerprint density at radius 1 is 1.54 bits per heavy atom. The Balaban J connectivity index is 2.34. The van der Waals surface area contributed by atoms with Crippen LogP contribution in [0.3, 0.4) is 0 Å². The highest BCUT2D eigenvalue weighted by molar-refractivity contribution is 5.26. The summed E-state index contributed by atoms with van der Waals surface area (Å²) in [7, 11) is 1.69. The van der Waals surface area contributed by atoms with Crippen LogP contribution in [0, 0.1) is 0 Å². The van der Waals surface area contributed by atoms with Crippen LogP contribution in [0.25, 0.3) is 0 Å². The number of hydrogen-bond donors (Lipinski definition) is 1. The first-order valence-electron chi connectivity index (χ1n) is 4.43. The molecule has 1 aromatic heterocycles. The molecule has 4 nitrogen and oxygen atoms in total. The highest BCUT2D eigenvalue weighted by Gasteiger charge is 2.14. The van der Waals surface area contributed by atoms with Gasteiger partial charge in [-0.1, -0.05) is 0 Å². The number of methoxy groups -OCH3 is 1. The molecule has 1 aliphatic rings. The second-order valence-corrected chi connectivity index (χ2v) is 3.11. The van der Waals surface area contributed by atoms with Gasteiger partial charge in [0.15, 0.2) is 0 Å². The summed E-state index contributed by atoms with van der Waals surface area (Å²) in [5.41, 5.74) is 3.40. The van der Waals surface area contributed by atoms with Crippen LogP contribution in [0.1, 0.15) is 17.0 Å². The number of nitrogens with zero attached hydrogens (tertiary/aromatic N) is 2. The van der Waals surface area contributed by atoms with E-state index in [4.69, 9.17) is 4.74 Å². The van der Waals surface area contributed by atoms with Gasteiger partial charge in [-0.2, -0.15) is 0 Å². The first-order chi connectivity index (χ1) is 6.42. The Bertz CT molecular complexity index is 301. The smallest absolute Gasteiger partial charge is 0.116 e. The van der Waals surface area contributed by atoms with E-state index >= 15 is 0 Å². The average Bonchev–Trinajstić information content (AvgIpc) is 2.19. The van der Waals surface area contributed by atoms with Gasteiger partial charge in [0.25, 0.3) is 0 Å². The van der Waals surface area contributed by atoms with Gasteiger partial charge >= 0.3 is 0 Å². The van der Waals surface area contributed by atoms with Crippen molar-refractivity contribution >= 4 is 0 Å². The molecule has 1 aromatic rings. The van der Waals surface area contributed by atoms with Crippen LogP contribution in [-0.4, -0.2) is 23.6 Å². The number of rotatable bonds is 2. The second-order valence-electron chi connectivity index (χ2n) is 3.11. The van der Waals surface area contributed by atoms with E-state index in [1.807, 2.05) is 0 Å². The van der Waals surface area contributed by atoms with E-state index in [-0.39, 0.29) is 0 Å². The third-order valence-corrected chi connectivity index (χ3v) is 2.25. The van der Waals surface area contributed by atoms with E-state index < -0.39 is 0 Å². The Labute approximate surface area is 77.4 Å². The Morgan fingerprint density at radius 3 is 3.31 bits per heavy atom. The van der Waals surface area contributed by atoms with Gasteiger partial charge in [0.05, 0.1) is 12.3 Å². The van der Waals surface area contributed by atoms with Gasteiger partial charge in [-0.25, -0.2) is 9.97 Å². The van der Waals surface area contributed by atoms with Crippen molar-refractivity contribution in [2.24, 2.45) is 0 Å². The minimum absolute atomic E-state index is 0.576. The van der Waals surface area contributed by atoms with Crippen LogP contribution in [0.5, 0.6) is 0 Å². The second kappa shape index (κ2) is 3.81. The lowest BCUT2D eigenvalue weighted by atomic mass is 10.1. The molecule has 0 radical (unpaired) electrons. The van der Waals surface area contributed by atoms with Crippen LogP contribution in [0.2, 0.25) is 0 Å². The topological polar surface area (TPSA) is 47.0 Å². The van der Waals surface area contributed by atoms with Crippen molar-refractivity contribution in [1.82, 2.24) is 15.3 Å². The normalized spacial score (nSPS) is 15.5. The lowest BCUT2D eigenvalue weighted by Gasteiger charge is -2.17. The minimum atomic E-state index is 0.576. The van der Waals surface area contributed by atoms with Crippen LogP contribution in [0.15, 0.2) is 6.33 Å². The molecule has 2 rings (SSSR count). The highest BCUT2D eigenvalue weighted by atomic mass is 16.5. The predicted molar refractivity (Wildman–Crippen MR) is 48.2 cm³/mol. The summed E-state index contributed by atoms with van der Waals surface area (Å²) < 4.78 is 5.08. The van der Waals surface area contributed by atoms with Crippen LogP contribution in [-0.2, 0) is 24.3 Å². The molecular formula is C9H13N3O. The van der Waals surface area contributed by atoms with Crippen molar-refractivity contribution in [3.63, 3.8) is 0 Å². The van der Waals surface area contributed by atoms with Gasteiger partial charge in [0.2, 0.25) is 0 Å². The molecule has 4 heteroatoms. The van der Waals surface area contributed by atoms with Crippen molar-refractivity contribution < 1.29 is 4.74 Å². The van der Waals surface area contributed by atoms with Gasteiger partial charge in [0, 0.05) is 37.9 Å². The zero-order valence-corrected chi connectivity index (χ0v) is 7.71. The molecule has 70 valence electrons. The third-order valence-electron chi connectivity index (χ3n) is 2.25. The molecule has 1 N–H and O–H groups in total.